The van der Waals surface area contributed by atoms with E-state index in [1.54, 1.807) is 11.0 Å². The van der Waals surface area contributed by atoms with E-state index in [0.29, 0.717) is 26.0 Å². The molecule has 0 saturated carbocycles. The Morgan fingerprint density at radius 1 is 1.20 bits per heavy atom. The highest BCUT2D eigenvalue weighted by atomic mass is 19.4. The zero-order valence-corrected chi connectivity index (χ0v) is 19.4. The third kappa shape index (κ3) is 5.75. The van der Waals surface area contributed by atoms with Crippen molar-refractivity contribution in [3.8, 4) is 17.1 Å². The van der Waals surface area contributed by atoms with E-state index in [1.165, 1.54) is 6.07 Å². The minimum atomic E-state index is -4.52. The van der Waals surface area contributed by atoms with Crippen LogP contribution < -0.4 is 10.5 Å². The van der Waals surface area contributed by atoms with Gasteiger partial charge in [-0.25, -0.2) is 0 Å². The average molecular weight is 488 g/mol. The fourth-order valence-corrected chi connectivity index (χ4v) is 4.25. The highest BCUT2D eigenvalue weighted by Crippen LogP contribution is 2.36. The topological polar surface area (TPSA) is 101 Å². The van der Waals surface area contributed by atoms with Crippen LogP contribution in [0.1, 0.15) is 54.8 Å². The van der Waals surface area contributed by atoms with Crippen molar-refractivity contribution in [3.63, 3.8) is 0 Å². The van der Waals surface area contributed by atoms with E-state index in [1.807, 2.05) is 31.2 Å². The minimum absolute atomic E-state index is 0.0788. The van der Waals surface area contributed by atoms with Crippen molar-refractivity contribution < 1.29 is 22.4 Å². The molecule has 1 aliphatic heterocycles. The molecule has 2 aromatic carbocycles. The molecule has 0 spiro atoms. The molecule has 2 heterocycles. The molecule has 3 N–H and O–H groups in total. The quantitative estimate of drug-likeness (QED) is 0.328. The van der Waals surface area contributed by atoms with Crippen LogP contribution in [0.2, 0.25) is 0 Å². The number of ether oxygens (including phenoxy) is 1. The first-order valence-corrected chi connectivity index (χ1v) is 11.6. The van der Waals surface area contributed by atoms with E-state index in [0.717, 1.165) is 30.2 Å². The van der Waals surface area contributed by atoms with Gasteiger partial charge in [0, 0.05) is 12.1 Å². The molecule has 0 amide bonds. The Balaban J connectivity index is 1.52. The van der Waals surface area contributed by atoms with Gasteiger partial charge in [0.15, 0.2) is 5.96 Å². The summed E-state index contributed by atoms with van der Waals surface area (Å²) in [4.78, 5) is 5.96. The van der Waals surface area contributed by atoms with E-state index in [9.17, 15) is 13.2 Å². The lowest BCUT2D eigenvalue weighted by Gasteiger charge is -2.21. The van der Waals surface area contributed by atoms with E-state index >= 15 is 0 Å². The van der Waals surface area contributed by atoms with Gasteiger partial charge in [-0.05, 0) is 61.4 Å². The molecule has 4 rings (SSSR count). The number of nitrogens with two attached hydrogens (primary N) is 1. The second-order valence-electron chi connectivity index (χ2n) is 8.55. The SMILES string of the molecule is CCCOc1ccc(CCc2ccc(-c3noc(C4CCCN4C(=N)N)n3)cc2C(F)(F)F)cc1. The summed E-state index contributed by atoms with van der Waals surface area (Å²) >= 11 is 0. The van der Waals surface area contributed by atoms with Crippen LogP contribution >= 0.6 is 0 Å². The number of guanidine groups is 1. The van der Waals surface area contributed by atoms with Crippen LogP contribution in [0.5, 0.6) is 5.75 Å². The number of hydrogen-bond donors (Lipinski definition) is 2. The van der Waals surface area contributed by atoms with Gasteiger partial charge in [-0.2, -0.15) is 18.2 Å². The van der Waals surface area contributed by atoms with Gasteiger partial charge in [-0.15, -0.1) is 0 Å². The average Bonchev–Trinajstić information content (AvgIpc) is 3.51. The summed E-state index contributed by atoms with van der Waals surface area (Å²) in [6.45, 7) is 3.24. The monoisotopic (exact) mass is 487 g/mol. The van der Waals surface area contributed by atoms with E-state index < -0.39 is 11.7 Å². The standard InChI is InChI=1S/C25H28F3N5O2/c1-2-14-34-19-11-6-16(7-12-19)5-8-17-9-10-18(15-20(17)25(26,27)28)22-31-23(35-32-22)21-4-3-13-33(21)24(29)30/h6-7,9-12,15,21H,2-5,8,13-14H2,1H3,(H3,29,30). The van der Waals surface area contributed by atoms with Crippen molar-refractivity contribution in [3.05, 3.63) is 65.0 Å². The smallest absolute Gasteiger partial charge is 0.416 e. The molecule has 0 aliphatic carbocycles. The van der Waals surface area contributed by atoms with Crippen LogP contribution in [0.15, 0.2) is 47.0 Å². The Labute approximate surface area is 201 Å². The number of halogens is 3. The predicted octanol–water partition coefficient (Wildman–Crippen LogP) is 5.36. The number of likely N-dealkylation sites (tertiary alicyclic amines) is 1. The van der Waals surface area contributed by atoms with Crippen molar-refractivity contribution >= 4 is 5.96 Å². The number of nitrogens with zero attached hydrogens (tertiary/aromatic N) is 3. The Morgan fingerprint density at radius 3 is 2.66 bits per heavy atom. The van der Waals surface area contributed by atoms with E-state index in [2.05, 4.69) is 10.1 Å². The van der Waals surface area contributed by atoms with Crippen LogP contribution in [0.25, 0.3) is 11.4 Å². The second-order valence-corrected chi connectivity index (χ2v) is 8.55. The predicted molar refractivity (Wildman–Crippen MR) is 125 cm³/mol. The molecule has 0 radical (unpaired) electrons. The minimum Gasteiger partial charge on any atom is -0.494 e. The van der Waals surface area contributed by atoms with Gasteiger partial charge in [0.05, 0.1) is 12.2 Å². The number of aromatic nitrogens is 2. The third-order valence-electron chi connectivity index (χ3n) is 6.04. The van der Waals surface area contributed by atoms with Crippen LogP contribution in [0, 0.1) is 5.41 Å². The first kappa shape index (κ1) is 24.6. The van der Waals surface area contributed by atoms with E-state index in [4.69, 9.17) is 20.4 Å². The van der Waals surface area contributed by atoms with Gasteiger partial charge in [0.25, 0.3) is 0 Å². The van der Waals surface area contributed by atoms with Crippen molar-refractivity contribution in [1.82, 2.24) is 15.0 Å². The summed E-state index contributed by atoms with van der Waals surface area (Å²) in [6, 6.07) is 11.2. The fourth-order valence-electron chi connectivity index (χ4n) is 4.25. The van der Waals surface area contributed by atoms with Gasteiger partial charge in [0.2, 0.25) is 11.7 Å². The van der Waals surface area contributed by atoms with Crippen molar-refractivity contribution in [1.29, 1.82) is 5.41 Å². The largest absolute Gasteiger partial charge is 0.494 e. The maximum Gasteiger partial charge on any atom is 0.416 e. The molecule has 1 atom stereocenters. The maximum atomic E-state index is 13.9. The van der Waals surface area contributed by atoms with Gasteiger partial charge in [0.1, 0.15) is 11.8 Å². The molecule has 186 valence electrons. The van der Waals surface area contributed by atoms with Crippen molar-refractivity contribution in [2.24, 2.45) is 5.73 Å². The second kappa shape index (κ2) is 10.4. The zero-order valence-electron chi connectivity index (χ0n) is 19.4. The summed E-state index contributed by atoms with van der Waals surface area (Å²) in [5.74, 6) is 0.977. The lowest BCUT2D eigenvalue weighted by molar-refractivity contribution is -0.138. The zero-order chi connectivity index (χ0) is 25.0. The normalized spacial score (nSPS) is 16.0. The number of benzene rings is 2. The molecule has 10 heteroatoms. The summed E-state index contributed by atoms with van der Waals surface area (Å²) < 4.78 is 52.6. The molecule has 1 aromatic heterocycles. The fraction of sp³-hybridized carbons (Fsp3) is 0.400. The van der Waals surface area contributed by atoms with Gasteiger partial charge in [-0.3, -0.25) is 5.41 Å². The summed E-state index contributed by atoms with van der Waals surface area (Å²) in [7, 11) is 0. The molecule has 35 heavy (non-hydrogen) atoms. The first-order chi connectivity index (χ1) is 16.8. The number of nitrogens with one attached hydrogen (secondary N) is 1. The van der Waals surface area contributed by atoms with Crippen LogP contribution in [-0.2, 0) is 19.0 Å². The van der Waals surface area contributed by atoms with Crippen molar-refractivity contribution in [2.75, 3.05) is 13.2 Å². The molecular weight excluding hydrogens is 459 g/mol. The molecule has 1 saturated heterocycles. The van der Waals surface area contributed by atoms with Gasteiger partial charge < -0.3 is 19.9 Å². The Bertz CT molecular complexity index is 1160. The summed E-state index contributed by atoms with van der Waals surface area (Å²) in [6.07, 6.45) is -1.43. The molecule has 1 fully saturated rings. The molecule has 3 aromatic rings. The summed E-state index contributed by atoms with van der Waals surface area (Å²) in [5.41, 5.74) is 6.26. The molecule has 1 unspecified atom stereocenters. The highest BCUT2D eigenvalue weighted by molar-refractivity contribution is 5.75. The van der Waals surface area contributed by atoms with Crippen LogP contribution in [0.4, 0.5) is 13.2 Å². The van der Waals surface area contributed by atoms with Crippen molar-refractivity contribution in [2.45, 2.75) is 51.2 Å². The van der Waals surface area contributed by atoms with Gasteiger partial charge in [-0.1, -0.05) is 36.3 Å². The van der Waals surface area contributed by atoms with Gasteiger partial charge >= 0.3 is 6.18 Å². The Morgan fingerprint density at radius 2 is 1.97 bits per heavy atom. The number of aryl methyl sites for hydroxylation is 2. The molecular formula is C25H28F3N5O2. The maximum absolute atomic E-state index is 13.9. The lowest BCUT2D eigenvalue weighted by Crippen LogP contribution is -2.35. The first-order valence-electron chi connectivity index (χ1n) is 11.6. The Kier molecular flexibility index (Phi) is 7.28. The molecule has 7 nitrogen and oxygen atoms in total. The Hall–Kier alpha value is -3.56. The number of alkyl halides is 3. The van der Waals surface area contributed by atoms with Crippen LogP contribution in [-0.4, -0.2) is 34.2 Å². The number of rotatable bonds is 8. The lowest BCUT2D eigenvalue weighted by atomic mass is 9.97. The molecule has 1 aliphatic rings. The van der Waals surface area contributed by atoms with Crippen LogP contribution in [0.3, 0.4) is 0 Å². The summed E-state index contributed by atoms with van der Waals surface area (Å²) in [5, 5.41) is 11.6. The molecule has 0 bridgehead atoms. The highest BCUT2D eigenvalue weighted by Gasteiger charge is 2.35. The number of hydrogen-bond acceptors (Lipinski definition) is 5. The van der Waals surface area contributed by atoms with E-state index in [-0.39, 0.29) is 41.3 Å². The third-order valence-corrected chi connectivity index (χ3v) is 6.04.